The van der Waals surface area contributed by atoms with Crippen molar-refractivity contribution in [2.45, 2.75) is 12.1 Å². The van der Waals surface area contributed by atoms with Gasteiger partial charge in [-0.1, -0.05) is 30.0 Å². The Balaban J connectivity index is 1.28. The van der Waals surface area contributed by atoms with Gasteiger partial charge in [-0.05, 0) is 30.7 Å². The molecule has 1 aromatic carbocycles. The summed E-state index contributed by atoms with van der Waals surface area (Å²) in [7, 11) is 0. The predicted molar refractivity (Wildman–Crippen MR) is 106 cm³/mol. The highest BCUT2D eigenvalue weighted by Crippen LogP contribution is 2.25. The van der Waals surface area contributed by atoms with Crippen molar-refractivity contribution in [3.05, 3.63) is 54.0 Å². The number of aromatic nitrogens is 2. The molecule has 2 aromatic heterocycles. The van der Waals surface area contributed by atoms with Gasteiger partial charge in [-0.2, -0.15) is 0 Å². The average molecular weight is 412 g/mol. The SMILES string of the molecule is Cc1ccccc1-c1nnc(SCC(=O)N2CCN(C(=O)c3ccco3)CC2)o1. The summed E-state index contributed by atoms with van der Waals surface area (Å²) in [4.78, 5) is 28.2. The Kier molecular flexibility index (Phi) is 5.66. The molecule has 0 saturated carbocycles. The summed E-state index contributed by atoms with van der Waals surface area (Å²) in [6, 6.07) is 11.1. The van der Waals surface area contributed by atoms with E-state index in [1.165, 1.54) is 18.0 Å². The first kappa shape index (κ1) is 19.3. The monoisotopic (exact) mass is 412 g/mol. The van der Waals surface area contributed by atoms with Crippen molar-refractivity contribution < 1.29 is 18.4 Å². The van der Waals surface area contributed by atoms with Crippen molar-refractivity contribution in [3.63, 3.8) is 0 Å². The molecule has 0 atom stereocenters. The standard InChI is InChI=1S/C20H20N4O4S/c1-14-5-2-3-6-15(14)18-21-22-20(28-18)29-13-17(25)23-8-10-24(11-9-23)19(26)16-7-4-12-27-16/h2-7,12H,8-11,13H2,1H3. The van der Waals surface area contributed by atoms with Crippen molar-refractivity contribution in [2.24, 2.45) is 0 Å². The van der Waals surface area contributed by atoms with Crippen LogP contribution in [0.1, 0.15) is 16.1 Å². The Morgan fingerprint density at radius 2 is 1.79 bits per heavy atom. The van der Waals surface area contributed by atoms with Gasteiger partial charge in [-0.25, -0.2) is 0 Å². The third-order valence-electron chi connectivity index (χ3n) is 4.75. The molecule has 4 rings (SSSR count). The molecular formula is C20H20N4O4S. The van der Waals surface area contributed by atoms with Crippen molar-refractivity contribution >= 4 is 23.6 Å². The normalized spacial score (nSPS) is 14.2. The number of carbonyl (C=O) groups excluding carboxylic acids is 2. The van der Waals surface area contributed by atoms with Gasteiger partial charge in [0, 0.05) is 31.7 Å². The number of thioether (sulfide) groups is 1. The average Bonchev–Trinajstić information content (AvgIpc) is 3.44. The zero-order valence-corrected chi connectivity index (χ0v) is 16.7. The molecule has 1 fully saturated rings. The summed E-state index contributed by atoms with van der Waals surface area (Å²) in [5.41, 5.74) is 1.93. The molecule has 0 unspecified atom stereocenters. The summed E-state index contributed by atoms with van der Waals surface area (Å²) < 4.78 is 10.8. The fraction of sp³-hybridized carbons (Fsp3) is 0.300. The molecule has 3 heterocycles. The molecule has 0 spiro atoms. The van der Waals surface area contributed by atoms with Crippen LogP contribution in [0.4, 0.5) is 0 Å². The quantitative estimate of drug-likeness (QED) is 0.595. The van der Waals surface area contributed by atoms with Gasteiger partial charge in [0.05, 0.1) is 12.0 Å². The third kappa shape index (κ3) is 4.34. The van der Waals surface area contributed by atoms with Gasteiger partial charge in [0.2, 0.25) is 11.8 Å². The molecule has 2 amide bonds. The van der Waals surface area contributed by atoms with E-state index in [1.807, 2.05) is 31.2 Å². The van der Waals surface area contributed by atoms with E-state index < -0.39 is 0 Å². The minimum absolute atomic E-state index is 0.0178. The topological polar surface area (TPSA) is 92.7 Å². The highest BCUT2D eigenvalue weighted by Gasteiger charge is 2.26. The Morgan fingerprint density at radius 1 is 1.03 bits per heavy atom. The van der Waals surface area contributed by atoms with Crippen LogP contribution in [0.25, 0.3) is 11.5 Å². The lowest BCUT2D eigenvalue weighted by Crippen LogP contribution is -2.51. The number of piperazine rings is 1. The number of nitrogens with zero attached hydrogens (tertiary/aromatic N) is 4. The van der Waals surface area contributed by atoms with E-state index in [-0.39, 0.29) is 17.6 Å². The zero-order chi connectivity index (χ0) is 20.2. The first-order valence-corrected chi connectivity index (χ1v) is 10.2. The first-order chi connectivity index (χ1) is 14.1. The van der Waals surface area contributed by atoms with Crippen LogP contribution in [0.3, 0.4) is 0 Å². The van der Waals surface area contributed by atoms with Crippen molar-refractivity contribution in [1.29, 1.82) is 0 Å². The molecule has 150 valence electrons. The Hall–Kier alpha value is -3.07. The molecule has 3 aromatic rings. The maximum atomic E-state index is 12.5. The number of hydrogen-bond donors (Lipinski definition) is 0. The summed E-state index contributed by atoms with van der Waals surface area (Å²) in [6.07, 6.45) is 1.48. The molecule has 0 radical (unpaired) electrons. The summed E-state index contributed by atoms with van der Waals surface area (Å²) in [5, 5.41) is 8.47. The van der Waals surface area contributed by atoms with Crippen LogP contribution in [-0.4, -0.2) is 63.7 Å². The zero-order valence-electron chi connectivity index (χ0n) is 15.9. The van der Waals surface area contributed by atoms with E-state index in [4.69, 9.17) is 8.83 Å². The lowest BCUT2D eigenvalue weighted by molar-refractivity contribution is -0.129. The van der Waals surface area contributed by atoms with E-state index in [0.29, 0.717) is 43.1 Å². The van der Waals surface area contributed by atoms with E-state index in [2.05, 4.69) is 10.2 Å². The molecule has 0 bridgehead atoms. The Labute approximate surface area is 171 Å². The third-order valence-corrected chi connectivity index (χ3v) is 5.56. The number of aryl methyl sites for hydroxylation is 1. The molecule has 1 aliphatic heterocycles. The number of benzene rings is 1. The summed E-state index contributed by atoms with van der Waals surface area (Å²) >= 11 is 1.22. The molecule has 0 aliphatic carbocycles. The van der Waals surface area contributed by atoms with Crippen molar-refractivity contribution in [3.8, 4) is 11.5 Å². The van der Waals surface area contributed by atoms with Gasteiger partial charge in [0.1, 0.15) is 0 Å². The van der Waals surface area contributed by atoms with Gasteiger partial charge in [-0.3, -0.25) is 9.59 Å². The molecule has 1 aliphatic rings. The predicted octanol–water partition coefficient (Wildman–Crippen LogP) is 2.71. The molecule has 9 heteroatoms. The highest BCUT2D eigenvalue weighted by atomic mass is 32.2. The van der Waals surface area contributed by atoms with Crippen LogP contribution < -0.4 is 0 Å². The minimum atomic E-state index is -0.147. The van der Waals surface area contributed by atoms with Crippen LogP contribution in [0.5, 0.6) is 0 Å². The lowest BCUT2D eigenvalue weighted by atomic mass is 10.1. The fourth-order valence-electron chi connectivity index (χ4n) is 3.12. The van der Waals surface area contributed by atoms with Crippen molar-refractivity contribution in [1.82, 2.24) is 20.0 Å². The second-order valence-electron chi connectivity index (χ2n) is 6.63. The van der Waals surface area contributed by atoms with E-state index in [9.17, 15) is 9.59 Å². The largest absolute Gasteiger partial charge is 0.459 e. The second kappa shape index (κ2) is 8.52. The summed E-state index contributed by atoms with van der Waals surface area (Å²) in [6.45, 7) is 3.92. The molecular weight excluding hydrogens is 392 g/mol. The van der Waals surface area contributed by atoms with Crippen LogP contribution in [0.15, 0.2) is 56.7 Å². The van der Waals surface area contributed by atoms with Crippen LogP contribution in [-0.2, 0) is 4.79 Å². The lowest BCUT2D eigenvalue weighted by Gasteiger charge is -2.34. The molecule has 29 heavy (non-hydrogen) atoms. The van der Waals surface area contributed by atoms with Crippen LogP contribution in [0.2, 0.25) is 0 Å². The highest BCUT2D eigenvalue weighted by molar-refractivity contribution is 7.99. The Morgan fingerprint density at radius 3 is 2.52 bits per heavy atom. The maximum absolute atomic E-state index is 12.5. The van der Waals surface area contributed by atoms with Gasteiger partial charge in [0.15, 0.2) is 5.76 Å². The van der Waals surface area contributed by atoms with Gasteiger partial charge in [-0.15, -0.1) is 10.2 Å². The fourth-order valence-corrected chi connectivity index (χ4v) is 3.79. The maximum Gasteiger partial charge on any atom is 0.289 e. The number of rotatable bonds is 5. The number of carbonyl (C=O) groups is 2. The number of hydrogen-bond acceptors (Lipinski definition) is 7. The van der Waals surface area contributed by atoms with E-state index in [0.717, 1.165) is 11.1 Å². The Bertz CT molecular complexity index is 994. The first-order valence-electron chi connectivity index (χ1n) is 9.24. The van der Waals surface area contributed by atoms with Gasteiger partial charge >= 0.3 is 0 Å². The number of amides is 2. The number of furan rings is 1. The molecule has 0 N–H and O–H groups in total. The van der Waals surface area contributed by atoms with E-state index in [1.54, 1.807) is 21.9 Å². The summed E-state index contributed by atoms with van der Waals surface area (Å²) in [5.74, 6) is 0.813. The smallest absolute Gasteiger partial charge is 0.289 e. The van der Waals surface area contributed by atoms with Gasteiger partial charge in [0.25, 0.3) is 11.1 Å². The molecule has 8 nitrogen and oxygen atoms in total. The minimum Gasteiger partial charge on any atom is -0.459 e. The second-order valence-corrected chi connectivity index (χ2v) is 7.55. The van der Waals surface area contributed by atoms with E-state index >= 15 is 0 Å². The van der Waals surface area contributed by atoms with Crippen LogP contribution in [0, 0.1) is 6.92 Å². The van der Waals surface area contributed by atoms with Crippen LogP contribution >= 0.6 is 11.8 Å². The van der Waals surface area contributed by atoms with Gasteiger partial charge < -0.3 is 18.6 Å². The van der Waals surface area contributed by atoms with Crippen molar-refractivity contribution in [2.75, 3.05) is 31.9 Å². The molecule has 1 saturated heterocycles.